The quantitative estimate of drug-likeness (QED) is 0.385. The van der Waals surface area contributed by atoms with E-state index >= 15 is 0 Å². The molecule has 1 heterocycles. The molecule has 0 aromatic heterocycles. The zero-order chi connectivity index (χ0) is 4.41. The molecule has 1 aliphatic heterocycles. The Bertz CT molecular complexity index is 38.8. The summed E-state index contributed by atoms with van der Waals surface area (Å²) in [6.45, 7) is 2.63. The van der Waals surface area contributed by atoms with Crippen LogP contribution in [0.3, 0.4) is 0 Å². The van der Waals surface area contributed by atoms with Crippen molar-refractivity contribution >= 4 is 0 Å². The Morgan fingerprint density at radius 3 is 2.67 bits per heavy atom. The molecule has 0 bridgehead atoms. The first-order chi connectivity index (χ1) is 2.89. The van der Waals surface area contributed by atoms with Gasteiger partial charge in [-0.1, -0.05) is 0 Å². The fraction of sp³-hybridized carbons (Fsp3) is 1.00. The van der Waals surface area contributed by atoms with Gasteiger partial charge in [0.2, 0.25) is 0 Å². The van der Waals surface area contributed by atoms with Crippen LogP contribution in [0.2, 0.25) is 0 Å². The molecule has 6 heavy (non-hydrogen) atoms. The van der Waals surface area contributed by atoms with E-state index in [0.717, 1.165) is 20.0 Å². The van der Waals surface area contributed by atoms with E-state index in [-0.39, 0.29) is 0 Å². The average Bonchev–Trinajstić information content (AvgIpc) is 1.86. The van der Waals surface area contributed by atoms with E-state index in [1.165, 1.54) is 0 Å². The van der Waals surface area contributed by atoms with Gasteiger partial charge in [-0.15, -0.1) is 0 Å². The average molecular weight is 89.1 g/mol. The minimum Gasteiger partial charge on any atom is -0.401 e. The standard InChI is InChI=1S/C4H9O2/c1-6-3-2-5-4-6/h2-4H2,1H3/q+1. The molecular formula is C4H9O2+. The number of ether oxygens (including phenoxy) is 1. The predicted octanol–water partition coefficient (Wildman–Crippen LogP) is 0.156. The van der Waals surface area contributed by atoms with Crippen molar-refractivity contribution < 1.29 is 9.10 Å². The van der Waals surface area contributed by atoms with Crippen molar-refractivity contribution in [2.24, 2.45) is 0 Å². The summed E-state index contributed by atoms with van der Waals surface area (Å²) in [5, 5.41) is 0. The Morgan fingerprint density at radius 2 is 2.50 bits per heavy atom. The first-order valence-electron chi connectivity index (χ1n) is 2.06. The summed E-state index contributed by atoms with van der Waals surface area (Å²) < 4.78 is 7.74. The highest BCUT2D eigenvalue weighted by Crippen LogP contribution is 1.97. The minimum absolute atomic E-state index is 0.736. The predicted molar refractivity (Wildman–Crippen MR) is 22.7 cm³/mol. The molecule has 0 aromatic carbocycles. The molecule has 2 heteroatoms. The first-order valence-corrected chi connectivity index (χ1v) is 2.06. The fourth-order valence-corrected chi connectivity index (χ4v) is 0.461. The van der Waals surface area contributed by atoms with E-state index in [1.54, 1.807) is 0 Å². The minimum atomic E-state index is 0.736. The lowest BCUT2D eigenvalue weighted by atomic mass is 10.8. The monoisotopic (exact) mass is 89.1 g/mol. The summed E-state index contributed by atoms with van der Waals surface area (Å²) in [5.74, 6) is 0. The summed E-state index contributed by atoms with van der Waals surface area (Å²) in [6, 6.07) is 0. The van der Waals surface area contributed by atoms with Crippen molar-refractivity contribution in [2.75, 3.05) is 27.1 Å². The van der Waals surface area contributed by atoms with Crippen molar-refractivity contribution in [3.8, 4) is 0 Å². The zero-order valence-electron chi connectivity index (χ0n) is 3.94. The lowest BCUT2D eigenvalue weighted by molar-refractivity contribution is -0.109. The van der Waals surface area contributed by atoms with Crippen LogP contribution in [0.4, 0.5) is 0 Å². The van der Waals surface area contributed by atoms with Crippen LogP contribution in [0.15, 0.2) is 0 Å². The number of rotatable bonds is 0. The Kier molecular flexibility index (Phi) is 1.08. The summed E-state index contributed by atoms with van der Waals surface area (Å²) in [4.78, 5) is 0. The van der Waals surface area contributed by atoms with Gasteiger partial charge < -0.3 is 9.10 Å². The SMILES string of the molecule is C[O+]1CCOC1. The van der Waals surface area contributed by atoms with Gasteiger partial charge in [0.25, 0.3) is 6.79 Å². The lowest BCUT2D eigenvalue weighted by Crippen LogP contribution is -2.00. The van der Waals surface area contributed by atoms with Gasteiger partial charge in [0.05, 0.1) is 0 Å². The molecule has 0 amide bonds. The smallest absolute Gasteiger partial charge is 0.255 e. The van der Waals surface area contributed by atoms with Crippen LogP contribution in [-0.2, 0) is 9.10 Å². The highest BCUT2D eigenvalue weighted by atomic mass is 16.8. The van der Waals surface area contributed by atoms with Crippen LogP contribution in [0.5, 0.6) is 0 Å². The number of hydrogen-bond acceptors (Lipinski definition) is 1. The summed E-state index contributed by atoms with van der Waals surface area (Å²) in [6.07, 6.45) is 0. The van der Waals surface area contributed by atoms with Gasteiger partial charge in [0.1, 0.15) is 13.7 Å². The van der Waals surface area contributed by atoms with Crippen LogP contribution in [0, 0.1) is 0 Å². The first kappa shape index (κ1) is 4.09. The fourth-order valence-electron chi connectivity index (χ4n) is 0.461. The molecule has 0 aliphatic carbocycles. The molecule has 1 rings (SSSR count). The van der Waals surface area contributed by atoms with Gasteiger partial charge in [0.15, 0.2) is 6.61 Å². The van der Waals surface area contributed by atoms with Crippen LogP contribution >= 0.6 is 0 Å². The topological polar surface area (TPSA) is 11.9 Å². The van der Waals surface area contributed by atoms with Gasteiger partial charge in [-0.25, -0.2) is 0 Å². The maximum absolute atomic E-state index is 4.95. The van der Waals surface area contributed by atoms with E-state index in [4.69, 9.17) is 4.74 Å². The van der Waals surface area contributed by atoms with Crippen molar-refractivity contribution in [1.29, 1.82) is 0 Å². The molecular weight excluding hydrogens is 80.0 g/mol. The third-order valence-corrected chi connectivity index (χ3v) is 0.861. The van der Waals surface area contributed by atoms with Gasteiger partial charge in [-0.05, 0) is 0 Å². The molecule has 2 nitrogen and oxygen atoms in total. The summed E-state index contributed by atoms with van der Waals surface area (Å²) in [7, 11) is 1.97. The molecule has 0 unspecified atom stereocenters. The van der Waals surface area contributed by atoms with Gasteiger partial charge in [0, 0.05) is 0 Å². The third kappa shape index (κ3) is 0.698. The molecule has 0 radical (unpaired) electrons. The van der Waals surface area contributed by atoms with Crippen LogP contribution in [0.25, 0.3) is 0 Å². The Balaban J connectivity index is 2.18. The van der Waals surface area contributed by atoms with Crippen molar-refractivity contribution in [3.05, 3.63) is 0 Å². The Morgan fingerprint density at radius 1 is 1.67 bits per heavy atom. The third-order valence-electron chi connectivity index (χ3n) is 0.861. The lowest BCUT2D eigenvalue weighted by Gasteiger charge is -1.97. The van der Waals surface area contributed by atoms with Crippen LogP contribution < -0.4 is 0 Å². The molecule has 1 fully saturated rings. The molecule has 0 atom stereocenters. The Labute approximate surface area is 37.4 Å². The highest BCUT2D eigenvalue weighted by Gasteiger charge is 2.09. The van der Waals surface area contributed by atoms with E-state index in [9.17, 15) is 0 Å². The van der Waals surface area contributed by atoms with Crippen LogP contribution in [-0.4, -0.2) is 27.1 Å². The molecule has 36 valence electrons. The number of hydrogen-bond donors (Lipinski definition) is 0. The molecule has 0 aromatic rings. The second-order valence-electron chi connectivity index (χ2n) is 1.51. The van der Waals surface area contributed by atoms with Crippen molar-refractivity contribution in [1.82, 2.24) is 0 Å². The van der Waals surface area contributed by atoms with Gasteiger partial charge >= 0.3 is 0 Å². The summed E-state index contributed by atoms with van der Waals surface area (Å²) in [5.41, 5.74) is 0. The molecule has 1 saturated heterocycles. The molecule has 0 spiro atoms. The van der Waals surface area contributed by atoms with E-state index in [1.807, 2.05) is 7.11 Å². The largest absolute Gasteiger partial charge is 0.401 e. The van der Waals surface area contributed by atoms with E-state index in [2.05, 4.69) is 4.37 Å². The molecule has 0 N–H and O–H groups in total. The molecule has 1 aliphatic rings. The maximum atomic E-state index is 4.95. The van der Waals surface area contributed by atoms with Crippen molar-refractivity contribution in [3.63, 3.8) is 0 Å². The molecule has 0 saturated carbocycles. The van der Waals surface area contributed by atoms with E-state index < -0.39 is 0 Å². The highest BCUT2D eigenvalue weighted by molar-refractivity contribution is 4.36. The summed E-state index contributed by atoms with van der Waals surface area (Å²) >= 11 is 0. The van der Waals surface area contributed by atoms with E-state index in [0.29, 0.717) is 0 Å². The van der Waals surface area contributed by atoms with Gasteiger partial charge in [-0.3, -0.25) is 0 Å². The maximum Gasteiger partial charge on any atom is 0.255 e. The zero-order valence-corrected chi connectivity index (χ0v) is 3.94. The second-order valence-corrected chi connectivity index (χ2v) is 1.51. The Hall–Kier alpha value is -0.0800. The second kappa shape index (κ2) is 1.58. The van der Waals surface area contributed by atoms with Crippen molar-refractivity contribution in [2.45, 2.75) is 0 Å². The van der Waals surface area contributed by atoms with Crippen LogP contribution in [0.1, 0.15) is 0 Å². The normalized spacial score (nSPS) is 25.5. The van der Waals surface area contributed by atoms with Gasteiger partial charge in [-0.2, -0.15) is 0 Å².